The van der Waals surface area contributed by atoms with E-state index >= 15 is 0 Å². The van der Waals surface area contributed by atoms with Crippen molar-refractivity contribution in [3.63, 3.8) is 0 Å². The lowest BCUT2D eigenvalue weighted by Gasteiger charge is -2.31. The van der Waals surface area contributed by atoms with Gasteiger partial charge >= 0.3 is 5.97 Å². The van der Waals surface area contributed by atoms with Gasteiger partial charge in [-0.05, 0) is 48.1 Å². The number of thioether (sulfide) groups is 1. The lowest BCUT2D eigenvalue weighted by atomic mass is 9.94. The number of benzene rings is 2. The first-order valence-corrected chi connectivity index (χ1v) is 15.3. The number of para-hydroxylation sites is 1. The minimum absolute atomic E-state index is 0.133. The van der Waals surface area contributed by atoms with E-state index in [0.717, 1.165) is 5.56 Å². The molecule has 2 heterocycles. The lowest BCUT2D eigenvalue weighted by molar-refractivity contribution is -0.139. The second-order valence-electron chi connectivity index (χ2n) is 10.6. The molecule has 1 aliphatic rings. The van der Waals surface area contributed by atoms with Gasteiger partial charge in [-0.1, -0.05) is 56.3 Å². The Labute approximate surface area is 253 Å². The quantitative estimate of drug-likeness (QED) is 0.201. The van der Waals surface area contributed by atoms with Crippen LogP contribution in [0.15, 0.2) is 40.7 Å². The van der Waals surface area contributed by atoms with Crippen LogP contribution in [0, 0.1) is 5.41 Å². The maximum Gasteiger partial charge on any atom is 0.316 e. The number of amides is 1. The smallest absolute Gasteiger partial charge is 0.316 e. The summed E-state index contributed by atoms with van der Waals surface area (Å²) in [6.07, 6.45) is -1.48. The first-order valence-electron chi connectivity index (χ1n) is 13.1. The molecule has 0 N–H and O–H groups in total. The van der Waals surface area contributed by atoms with Gasteiger partial charge in [0.2, 0.25) is 0 Å². The Hall–Kier alpha value is -2.86. The van der Waals surface area contributed by atoms with E-state index < -0.39 is 12.2 Å². The van der Waals surface area contributed by atoms with Gasteiger partial charge in [0.25, 0.3) is 5.91 Å². The topological polar surface area (TPSA) is 100 Å². The summed E-state index contributed by atoms with van der Waals surface area (Å²) in [6.45, 7) is 8.77. The largest absolute Gasteiger partial charge is 0.493 e. The molecule has 0 radical (unpaired) electrons. The number of nitrogens with zero attached hydrogens (tertiary/aromatic N) is 3. The normalized spacial score (nSPS) is 17.1. The molecule has 1 amide bonds. The van der Waals surface area contributed by atoms with Crippen LogP contribution in [0.5, 0.6) is 11.5 Å². The third-order valence-corrected chi connectivity index (χ3v) is 8.27. The van der Waals surface area contributed by atoms with Crippen LogP contribution in [0.2, 0.25) is 5.02 Å². The second kappa shape index (κ2) is 13.4. The lowest BCUT2D eigenvalue weighted by Crippen LogP contribution is -2.44. The molecule has 12 heteroatoms. The number of aromatic nitrogens is 2. The van der Waals surface area contributed by atoms with Gasteiger partial charge in [-0.15, -0.1) is 0 Å². The third kappa shape index (κ3) is 7.51. The Morgan fingerprint density at radius 3 is 2.63 bits per heavy atom. The standard InChI is InChI=1S/C29H34ClN3O6S2/c1-7-38-24(34)15-40-28-31-23(32-41-28)14-22-27(35)33(16-29(2,3)4)20-12-11-17(30)13-19(20)25(39-22)18-9-8-10-21(36-5)26(18)37-6/h8-13,22,25H,7,14-16H2,1-6H3/t22-,25-/m1/s1. The first-order chi connectivity index (χ1) is 19.5. The van der Waals surface area contributed by atoms with Crippen molar-refractivity contribution in [2.24, 2.45) is 5.41 Å². The highest BCUT2D eigenvalue weighted by Gasteiger charge is 2.40. The molecule has 0 saturated carbocycles. The number of carbonyl (C=O) groups is 2. The van der Waals surface area contributed by atoms with Crippen molar-refractivity contribution in [2.75, 3.05) is 38.0 Å². The number of ether oxygens (including phenoxy) is 4. The van der Waals surface area contributed by atoms with Crippen molar-refractivity contribution in [3.05, 3.63) is 58.4 Å². The molecule has 0 fully saturated rings. The molecule has 0 aliphatic carbocycles. The van der Waals surface area contributed by atoms with Crippen LogP contribution >= 0.6 is 34.9 Å². The van der Waals surface area contributed by atoms with E-state index in [1.54, 1.807) is 38.2 Å². The molecule has 41 heavy (non-hydrogen) atoms. The molecule has 0 bridgehead atoms. The van der Waals surface area contributed by atoms with Crippen molar-refractivity contribution < 1.29 is 28.5 Å². The van der Waals surface area contributed by atoms with Gasteiger partial charge in [-0.3, -0.25) is 9.59 Å². The van der Waals surface area contributed by atoms with Crippen LogP contribution < -0.4 is 14.4 Å². The number of halogens is 1. The monoisotopic (exact) mass is 619 g/mol. The Morgan fingerprint density at radius 2 is 1.95 bits per heavy atom. The van der Waals surface area contributed by atoms with Gasteiger partial charge < -0.3 is 23.8 Å². The zero-order chi connectivity index (χ0) is 29.7. The highest BCUT2D eigenvalue weighted by molar-refractivity contribution is 8.01. The number of rotatable bonds is 10. The van der Waals surface area contributed by atoms with Crippen LogP contribution in [0.4, 0.5) is 5.69 Å². The fourth-order valence-electron chi connectivity index (χ4n) is 4.57. The fraction of sp³-hybridized carbons (Fsp3) is 0.448. The van der Waals surface area contributed by atoms with Gasteiger partial charge in [-0.25, -0.2) is 4.98 Å². The molecule has 2 atom stereocenters. The molecule has 0 unspecified atom stereocenters. The molecule has 220 valence electrons. The molecule has 3 aromatic rings. The summed E-state index contributed by atoms with van der Waals surface area (Å²) in [5.41, 5.74) is 1.94. The third-order valence-electron chi connectivity index (χ3n) is 6.19. The Balaban J connectivity index is 1.76. The summed E-state index contributed by atoms with van der Waals surface area (Å²) < 4.78 is 28.1. The van der Waals surface area contributed by atoms with E-state index in [2.05, 4.69) is 30.1 Å². The van der Waals surface area contributed by atoms with E-state index in [0.29, 0.717) is 51.1 Å². The van der Waals surface area contributed by atoms with Gasteiger partial charge in [0.1, 0.15) is 18.0 Å². The van der Waals surface area contributed by atoms with Crippen LogP contribution in [0.1, 0.15) is 50.8 Å². The second-order valence-corrected chi connectivity index (χ2v) is 13.0. The van der Waals surface area contributed by atoms with Crippen LogP contribution in [0.3, 0.4) is 0 Å². The number of hydrogen-bond acceptors (Lipinski definition) is 10. The zero-order valence-electron chi connectivity index (χ0n) is 23.9. The average molecular weight is 620 g/mol. The summed E-state index contributed by atoms with van der Waals surface area (Å²) in [4.78, 5) is 32.3. The van der Waals surface area contributed by atoms with E-state index in [4.69, 9.17) is 30.5 Å². The predicted octanol–water partition coefficient (Wildman–Crippen LogP) is 5.97. The molecule has 9 nitrogen and oxygen atoms in total. The highest BCUT2D eigenvalue weighted by atomic mass is 35.5. The number of carbonyl (C=O) groups excluding carboxylic acids is 2. The summed E-state index contributed by atoms with van der Waals surface area (Å²) in [6, 6.07) is 11.0. The Kier molecular flexibility index (Phi) is 10.2. The van der Waals surface area contributed by atoms with Crippen LogP contribution in [0.25, 0.3) is 0 Å². The molecule has 0 spiro atoms. The van der Waals surface area contributed by atoms with Crippen LogP contribution in [-0.2, 0) is 25.5 Å². The zero-order valence-corrected chi connectivity index (χ0v) is 26.3. The maximum atomic E-state index is 14.2. The number of esters is 1. The number of fused-ring (bicyclic) bond motifs is 1. The first kappa shape index (κ1) is 31.1. The molecule has 2 aromatic carbocycles. The van der Waals surface area contributed by atoms with Crippen molar-refractivity contribution >= 4 is 52.5 Å². The average Bonchev–Trinajstić information content (AvgIpc) is 3.35. The van der Waals surface area contributed by atoms with Crippen molar-refractivity contribution in [1.29, 1.82) is 0 Å². The van der Waals surface area contributed by atoms with Gasteiger partial charge in [-0.2, -0.15) is 4.37 Å². The van der Waals surface area contributed by atoms with Gasteiger partial charge in [0.05, 0.1) is 26.6 Å². The molecule has 0 saturated heterocycles. The highest BCUT2D eigenvalue weighted by Crippen LogP contribution is 2.45. The number of hydrogen-bond donors (Lipinski definition) is 0. The molecule has 4 rings (SSSR count). The number of anilines is 1. The Bertz CT molecular complexity index is 1390. The van der Waals surface area contributed by atoms with Crippen molar-refractivity contribution in [2.45, 2.75) is 50.7 Å². The summed E-state index contributed by atoms with van der Waals surface area (Å²) in [7, 11) is 3.14. The Morgan fingerprint density at radius 1 is 1.17 bits per heavy atom. The molecule has 1 aromatic heterocycles. The summed E-state index contributed by atoms with van der Waals surface area (Å²) in [5, 5.41) is 0.519. The summed E-state index contributed by atoms with van der Waals surface area (Å²) >= 11 is 8.93. The molecular weight excluding hydrogens is 586 g/mol. The van der Waals surface area contributed by atoms with Crippen molar-refractivity contribution in [3.8, 4) is 11.5 Å². The van der Waals surface area contributed by atoms with Gasteiger partial charge in [0, 0.05) is 34.8 Å². The van der Waals surface area contributed by atoms with E-state index in [1.165, 1.54) is 23.3 Å². The minimum Gasteiger partial charge on any atom is -0.493 e. The van der Waals surface area contributed by atoms with Crippen LogP contribution in [-0.4, -0.2) is 60.5 Å². The SMILES string of the molecule is CCOC(=O)CSc1nc(C[C@H]2O[C@H](c3cccc(OC)c3OC)c3cc(Cl)ccc3N(CC(C)(C)C)C2=O)ns1. The summed E-state index contributed by atoms with van der Waals surface area (Å²) in [5.74, 6) is 1.11. The van der Waals surface area contributed by atoms with E-state index in [1.807, 2.05) is 24.3 Å². The van der Waals surface area contributed by atoms with Gasteiger partial charge in [0.15, 0.2) is 15.8 Å². The van der Waals surface area contributed by atoms with E-state index in [9.17, 15) is 9.59 Å². The van der Waals surface area contributed by atoms with Crippen molar-refractivity contribution in [1.82, 2.24) is 9.36 Å². The molecular formula is C29H34ClN3O6S2. The van der Waals surface area contributed by atoms with E-state index in [-0.39, 0.29) is 29.5 Å². The molecule has 1 aliphatic heterocycles. The minimum atomic E-state index is -0.915. The predicted molar refractivity (Wildman–Crippen MR) is 160 cm³/mol. The number of methoxy groups -OCH3 is 2. The fourth-order valence-corrected chi connectivity index (χ4v) is 6.19. The maximum absolute atomic E-state index is 14.2.